The summed E-state index contributed by atoms with van der Waals surface area (Å²) in [6.45, 7) is 3.37. The van der Waals surface area contributed by atoms with Crippen LogP contribution in [0.4, 0.5) is 5.69 Å². The SMILES string of the molecule is CC(=O)c1cc(Br)cc(Br)c1OCC(=O)N1c2ccccc2CC1C. The van der Waals surface area contributed by atoms with Crippen molar-refractivity contribution >= 4 is 49.2 Å². The van der Waals surface area contributed by atoms with E-state index < -0.39 is 0 Å². The Bertz CT molecular complexity index is 851. The van der Waals surface area contributed by atoms with E-state index >= 15 is 0 Å². The lowest BCUT2D eigenvalue weighted by Gasteiger charge is -2.23. The molecule has 0 N–H and O–H groups in total. The number of rotatable bonds is 4. The Hall–Kier alpha value is -1.66. The summed E-state index contributed by atoms with van der Waals surface area (Å²) in [5.74, 6) is 0.148. The normalized spacial score (nSPS) is 15.8. The van der Waals surface area contributed by atoms with Crippen LogP contribution in [0.15, 0.2) is 45.3 Å². The van der Waals surface area contributed by atoms with Crippen molar-refractivity contribution in [2.75, 3.05) is 11.5 Å². The summed E-state index contributed by atoms with van der Waals surface area (Å²) in [5, 5.41) is 0. The Morgan fingerprint density at radius 2 is 1.96 bits per heavy atom. The van der Waals surface area contributed by atoms with Crippen molar-refractivity contribution in [1.82, 2.24) is 0 Å². The molecule has 130 valence electrons. The molecule has 1 aliphatic heterocycles. The quantitative estimate of drug-likeness (QED) is 0.609. The first-order valence-corrected chi connectivity index (χ1v) is 9.50. The van der Waals surface area contributed by atoms with Crippen molar-refractivity contribution < 1.29 is 14.3 Å². The highest BCUT2D eigenvalue weighted by Crippen LogP contribution is 2.35. The second-order valence-corrected chi connectivity index (χ2v) is 7.82. The van der Waals surface area contributed by atoms with E-state index in [1.165, 1.54) is 6.92 Å². The first-order valence-electron chi connectivity index (χ1n) is 7.91. The van der Waals surface area contributed by atoms with Gasteiger partial charge >= 0.3 is 0 Å². The predicted molar refractivity (Wildman–Crippen MR) is 104 cm³/mol. The molecule has 0 aromatic heterocycles. The summed E-state index contributed by atoms with van der Waals surface area (Å²) < 4.78 is 7.14. The minimum atomic E-state index is -0.126. The average Bonchev–Trinajstić information content (AvgIpc) is 2.88. The molecule has 0 radical (unpaired) electrons. The highest BCUT2D eigenvalue weighted by atomic mass is 79.9. The Kier molecular flexibility index (Phi) is 5.29. The van der Waals surface area contributed by atoms with E-state index in [1.807, 2.05) is 31.2 Å². The van der Waals surface area contributed by atoms with Crippen molar-refractivity contribution in [3.63, 3.8) is 0 Å². The molecule has 1 atom stereocenters. The standard InChI is InChI=1S/C19H17Br2NO3/c1-11-7-13-5-3-4-6-17(13)22(11)18(24)10-25-19-15(12(2)23)8-14(20)9-16(19)21/h3-6,8-9,11H,7,10H2,1-2H3. The minimum absolute atomic E-state index is 0.0918. The summed E-state index contributed by atoms with van der Waals surface area (Å²) in [7, 11) is 0. The third-order valence-corrected chi connectivity index (χ3v) is 5.25. The van der Waals surface area contributed by atoms with Gasteiger partial charge in [0.1, 0.15) is 5.75 Å². The summed E-state index contributed by atoms with van der Waals surface area (Å²) in [6.07, 6.45) is 0.836. The number of carbonyl (C=O) groups is 2. The molecule has 25 heavy (non-hydrogen) atoms. The van der Waals surface area contributed by atoms with Crippen LogP contribution in [0.3, 0.4) is 0 Å². The maximum absolute atomic E-state index is 12.7. The Morgan fingerprint density at radius 3 is 2.68 bits per heavy atom. The minimum Gasteiger partial charge on any atom is -0.482 e. The molecule has 1 amide bonds. The number of para-hydroxylation sites is 1. The van der Waals surface area contributed by atoms with Crippen LogP contribution in [0.5, 0.6) is 5.75 Å². The van der Waals surface area contributed by atoms with Crippen LogP contribution in [0.25, 0.3) is 0 Å². The number of Topliss-reactive ketones (excluding diaryl/α,β-unsaturated/α-hetero) is 1. The van der Waals surface area contributed by atoms with E-state index in [0.717, 1.165) is 22.1 Å². The Morgan fingerprint density at radius 1 is 1.24 bits per heavy atom. The lowest BCUT2D eigenvalue weighted by Crippen LogP contribution is -2.39. The molecule has 2 aromatic rings. The van der Waals surface area contributed by atoms with Gasteiger partial charge in [0.05, 0.1) is 10.0 Å². The van der Waals surface area contributed by atoms with Gasteiger partial charge in [-0.1, -0.05) is 34.1 Å². The monoisotopic (exact) mass is 465 g/mol. The number of nitrogens with zero attached hydrogens (tertiary/aromatic N) is 1. The molecule has 0 fully saturated rings. The van der Waals surface area contributed by atoms with Gasteiger partial charge in [-0.15, -0.1) is 0 Å². The number of carbonyl (C=O) groups excluding carboxylic acids is 2. The van der Waals surface area contributed by atoms with E-state index in [9.17, 15) is 9.59 Å². The second-order valence-electron chi connectivity index (χ2n) is 6.05. The molecule has 3 rings (SSSR count). The van der Waals surface area contributed by atoms with Gasteiger partial charge in [0.25, 0.3) is 5.91 Å². The molecule has 0 saturated heterocycles. The van der Waals surface area contributed by atoms with Gasteiger partial charge in [-0.2, -0.15) is 0 Å². The summed E-state index contributed by atoms with van der Waals surface area (Å²) >= 11 is 6.77. The second kappa shape index (κ2) is 7.30. The maximum Gasteiger partial charge on any atom is 0.265 e. The van der Waals surface area contributed by atoms with Crippen molar-refractivity contribution in [3.8, 4) is 5.75 Å². The third kappa shape index (κ3) is 3.65. The van der Waals surface area contributed by atoms with Gasteiger partial charge in [-0.25, -0.2) is 0 Å². The number of benzene rings is 2. The molecule has 2 aromatic carbocycles. The number of amides is 1. The van der Waals surface area contributed by atoms with Gasteiger partial charge in [0, 0.05) is 16.2 Å². The fourth-order valence-corrected chi connectivity index (χ4v) is 4.46. The van der Waals surface area contributed by atoms with Gasteiger partial charge in [0.15, 0.2) is 12.4 Å². The number of halogens is 2. The zero-order valence-electron chi connectivity index (χ0n) is 13.9. The molecule has 0 bridgehead atoms. The largest absolute Gasteiger partial charge is 0.482 e. The number of hydrogen-bond donors (Lipinski definition) is 0. The molecular formula is C19H17Br2NO3. The number of anilines is 1. The highest BCUT2D eigenvalue weighted by molar-refractivity contribution is 9.11. The van der Waals surface area contributed by atoms with E-state index in [4.69, 9.17) is 4.74 Å². The molecule has 0 aliphatic carbocycles. The number of ether oxygens (including phenoxy) is 1. The fourth-order valence-electron chi connectivity index (χ4n) is 3.12. The number of ketones is 1. The van der Waals surface area contributed by atoms with Gasteiger partial charge < -0.3 is 9.64 Å². The smallest absolute Gasteiger partial charge is 0.265 e. The summed E-state index contributed by atoms with van der Waals surface area (Å²) in [4.78, 5) is 26.4. The molecule has 0 saturated carbocycles. The fraction of sp³-hybridized carbons (Fsp3) is 0.263. The summed E-state index contributed by atoms with van der Waals surface area (Å²) in [5.41, 5.74) is 2.53. The molecule has 4 nitrogen and oxygen atoms in total. The molecular weight excluding hydrogens is 450 g/mol. The van der Waals surface area contributed by atoms with Crippen molar-refractivity contribution in [2.45, 2.75) is 26.3 Å². The molecule has 1 aliphatic rings. The Labute approximate surface area is 163 Å². The lowest BCUT2D eigenvalue weighted by atomic mass is 10.1. The molecule has 1 unspecified atom stereocenters. The van der Waals surface area contributed by atoms with E-state index in [2.05, 4.69) is 31.9 Å². The predicted octanol–water partition coefficient (Wildman–Crippen LogP) is 4.77. The number of hydrogen-bond acceptors (Lipinski definition) is 3. The van der Waals surface area contributed by atoms with Gasteiger partial charge in [-0.05, 0) is 60.0 Å². The topological polar surface area (TPSA) is 46.6 Å². The van der Waals surface area contributed by atoms with E-state index in [1.54, 1.807) is 17.0 Å². The highest BCUT2D eigenvalue weighted by Gasteiger charge is 2.31. The van der Waals surface area contributed by atoms with Crippen LogP contribution in [-0.4, -0.2) is 24.3 Å². The van der Waals surface area contributed by atoms with Crippen LogP contribution in [0, 0.1) is 0 Å². The zero-order chi connectivity index (χ0) is 18.1. The van der Waals surface area contributed by atoms with E-state index in [-0.39, 0.29) is 24.3 Å². The Balaban J connectivity index is 1.81. The first-order chi connectivity index (χ1) is 11.9. The zero-order valence-corrected chi connectivity index (χ0v) is 17.1. The van der Waals surface area contributed by atoms with Gasteiger partial charge in [0.2, 0.25) is 0 Å². The van der Waals surface area contributed by atoms with Crippen LogP contribution in [0.1, 0.15) is 29.8 Å². The summed E-state index contributed by atoms with van der Waals surface area (Å²) in [6, 6.07) is 11.5. The van der Waals surface area contributed by atoms with E-state index in [0.29, 0.717) is 15.8 Å². The third-order valence-electron chi connectivity index (χ3n) is 4.20. The number of fused-ring (bicyclic) bond motifs is 1. The molecule has 1 heterocycles. The van der Waals surface area contributed by atoms with Gasteiger partial charge in [-0.3, -0.25) is 9.59 Å². The van der Waals surface area contributed by atoms with Crippen molar-refractivity contribution in [2.24, 2.45) is 0 Å². The average molecular weight is 467 g/mol. The van der Waals surface area contributed by atoms with Crippen LogP contribution >= 0.6 is 31.9 Å². The van der Waals surface area contributed by atoms with Crippen molar-refractivity contribution in [1.29, 1.82) is 0 Å². The molecule has 0 spiro atoms. The van der Waals surface area contributed by atoms with Crippen LogP contribution in [-0.2, 0) is 11.2 Å². The first kappa shape index (κ1) is 18.1. The van der Waals surface area contributed by atoms with Crippen LogP contribution in [0.2, 0.25) is 0 Å². The maximum atomic E-state index is 12.7. The van der Waals surface area contributed by atoms with Crippen LogP contribution < -0.4 is 9.64 Å². The lowest BCUT2D eigenvalue weighted by molar-refractivity contribution is -0.120. The molecule has 6 heteroatoms. The van der Waals surface area contributed by atoms with Crippen molar-refractivity contribution in [3.05, 3.63) is 56.5 Å².